The van der Waals surface area contributed by atoms with E-state index in [1.807, 2.05) is 60.7 Å². The van der Waals surface area contributed by atoms with Crippen LogP contribution in [0, 0.1) is 5.82 Å². The maximum atomic E-state index is 13.3. The monoisotopic (exact) mass is 348 g/mol. The summed E-state index contributed by atoms with van der Waals surface area (Å²) < 4.78 is 13.3. The van der Waals surface area contributed by atoms with E-state index >= 15 is 0 Å². The van der Waals surface area contributed by atoms with E-state index in [-0.39, 0.29) is 17.9 Å². The predicted octanol–water partition coefficient (Wildman–Crippen LogP) is 4.76. The lowest BCUT2D eigenvalue weighted by Gasteiger charge is -2.29. The van der Waals surface area contributed by atoms with E-state index < -0.39 is 0 Å². The van der Waals surface area contributed by atoms with Crippen molar-refractivity contribution < 1.29 is 9.18 Å². The summed E-state index contributed by atoms with van der Waals surface area (Å²) in [5.74, 6) is -0.295. The number of urea groups is 1. The number of hydrogen-bond acceptors (Lipinski definition) is 1. The number of amides is 2. The van der Waals surface area contributed by atoms with Crippen LogP contribution in [0.15, 0.2) is 84.9 Å². The van der Waals surface area contributed by atoms with Crippen molar-refractivity contribution in [1.82, 2.24) is 10.2 Å². The molecule has 4 heteroatoms. The highest BCUT2D eigenvalue weighted by Crippen LogP contribution is 2.27. The first-order chi connectivity index (χ1) is 12.6. The molecule has 0 heterocycles. The van der Waals surface area contributed by atoms with E-state index in [1.165, 1.54) is 12.1 Å². The molecule has 0 radical (unpaired) electrons. The third kappa shape index (κ3) is 4.28. The van der Waals surface area contributed by atoms with Gasteiger partial charge in [0.25, 0.3) is 0 Å². The summed E-state index contributed by atoms with van der Waals surface area (Å²) in [4.78, 5) is 14.4. The van der Waals surface area contributed by atoms with Crippen LogP contribution in [0.3, 0.4) is 0 Å². The number of hydrogen-bond donors (Lipinski definition) is 1. The van der Waals surface area contributed by atoms with Crippen LogP contribution in [-0.4, -0.2) is 18.0 Å². The lowest BCUT2D eigenvalue weighted by molar-refractivity contribution is 0.198. The summed E-state index contributed by atoms with van der Waals surface area (Å²) in [7, 11) is 1.75. The molecule has 0 aliphatic heterocycles. The van der Waals surface area contributed by atoms with Crippen molar-refractivity contribution in [3.05, 3.63) is 107 Å². The van der Waals surface area contributed by atoms with Gasteiger partial charge >= 0.3 is 6.03 Å². The van der Waals surface area contributed by atoms with Crippen molar-refractivity contribution in [3.63, 3.8) is 0 Å². The Bertz CT molecular complexity index is 835. The highest BCUT2D eigenvalue weighted by molar-refractivity contribution is 5.75. The molecular formula is C22H21FN2O. The number of halogens is 1. The molecule has 0 fully saturated rings. The molecule has 26 heavy (non-hydrogen) atoms. The molecule has 0 bridgehead atoms. The number of nitrogens with one attached hydrogen (secondary N) is 1. The highest BCUT2D eigenvalue weighted by atomic mass is 19.1. The molecule has 2 amide bonds. The van der Waals surface area contributed by atoms with E-state index in [0.29, 0.717) is 6.54 Å². The Morgan fingerprint density at radius 1 is 0.885 bits per heavy atom. The number of carbonyl (C=O) groups is 1. The molecule has 0 aromatic heterocycles. The summed E-state index contributed by atoms with van der Waals surface area (Å²) in [5.41, 5.74) is 2.86. The minimum Gasteiger partial charge on any atom is -0.334 e. The van der Waals surface area contributed by atoms with Crippen LogP contribution < -0.4 is 5.32 Å². The zero-order valence-corrected chi connectivity index (χ0v) is 14.6. The fraction of sp³-hybridized carbons (Fsp3) is 0.136. The van der Waals surface area contributed by atoms with Crippen molar-refractivity contribution in [1.29, 1.82) is 0 Å². The van der Waals surface area contributed by atoms with Gasteiger partial charge in [-0.3, -0.25) is 0 Å². The van der Waals surface area contributed by atoms with Gasteiger partial charge in [-0.05, 0) is 28.8 Å². The largest absolute Gasteiger partial charge is 0.334 e. The van der Waals surface area contributed by atoms with Gasteiger partial charge in [-0.25, -0.2) is 9.18 Å². The molecule has 0 aliphatic rings. The molecule has 3 nitrogen and oxygen atoms in total. The average Bonchev–Trinajstić information content (AvgIpc) is 2.69. The molecular weight excluding hydrogens is 327 g/mol. The first kappa shape index (κ1) is 17.7. The average molecular weight is 348 g/mol. The minimum atomic E-state index is -0.299. The van der Waals surface area contributed by atoms with Crippen LogP contribution in [0.2, 0.25) is 0 Å². The third-order valence-corrected chi connectivity index (χ3v) is 4.30. The molecule has 3 rings (SSSR count). The lowest BCUT2D eigenvalue weighted by Crippen LogP contribution is -2.39. The number of carbonyl (C=O) groups excluding carboxylic acids is 1. The van der Waals surface area contributed by atoms with Gasteiger partial charge in [-0.1, -0.05) is 72.8 Å². The Morgan fingerprint density at radius 3 is 2.04 bits per heavy atom. The summed E-state index contributed by atoms with van der Waals surface area (Å²) in [6.45, 7) is 0.453. The Balaban J connectivity index is 1.81. The van der Waals surface area contributed by atoms with Crippen LogP contribution in [0.25, 0.3) is 0 Å². The first-order valence-corrected chi connectivity index (χ1v) is 8.50. The van der Waals surface area contributed by atoms with Gasteiger partial charge in [0, 0.05) is 13.6 Å². The SMILES string of the molecule is CN(C(=O)NCc1ccccc1)[C@@H](c1ccccc1)c1ccc(F)cc1. The minimum absolute atomic E-state index is 0.188. The summed E-state index contributed by atoms with van der Waals surface area (Å²) in [5, 5.41) is 2.94. The lowest BCUT2D eigenvalue weighted by atomic mass is 9.97. The molecule has 3 aromatic rings. The Labute approximate surface area is 153 Å². The zero-order chi connectivity index (χ0) is 18.4. The van der Waals surface area contributed by atoms with Gasteiger partial charge in [0.1, 0.15) is 5.82 Å². The Hall–Kier alpha value is -3.14. The van der Waals surface area contributed by atoms with Crippen molar-refractivity contribution >= 4 is 6.03 Å². The molecule has 1 atom stereocenters. The zero-order valence-electron chi connectivity index (χ0n) is 14.6. The van der Waals surface area contributed by atoms with Crippen LogP contribution >= 0.6 is 0 Å². The maximum absolute atomic E-state index is 13.3. The van der Waals surface area contributed by atoms with E-state index in [4.69, 9.17) is 0 Å². The van der Waals surface area contributed by atoms with E-state index in [0.717, 1.165) is 16.7 Å². The molecule has 0 saturated heterocycles. The van der Waals surface area contributed by atoms with Gasteiger partial charge in [-0.15, -0.1) is 0 Å². The predicted molar refractivity (Wildman–Crippen MR) is 101 cm³/mol. The standard InChI is InChI=1S/C22H21FN2O/c1-25(22(26)24-16-17-8-4-2-5-9-17)21(18-10-6-3-7-11-18)19-12-14-20(23)15-13-19/h2-15,21H,16H2,1H3,(H,24,26)/t21-/m0/s1. The Kier molecular flexibility index (Phi) is 5.64. The fourth-order valence-electron chi connectivity index (χ4n) is 2.94. The van der Waals surface area contributed by atoms with Gasteiger partial charge in [0.05, 0.1) is 6.04 Å². The van der Waals surface area contributed by atoms with E-state index in [2.05, 4.69) is 5.32 Å². The van der Waals surface area contributed by atoms with E-state index in [9.17, 15) is 9.18 Å². The van der Waals surface area contributed by atoms with Gasteiger partial charge < -0.3 is 10.2 Å². The smallest absolute Gasteiger partial charge is 0.318 e. The van der Waals surface area contributed by atoms with Gasteiger partial charge in [-0.2, -0.15) is 0 Å². The molecule has 0 saturated carbocycles. The number of benzene rings is 3. The Morgan fingerprint density at radius 2 is 1.42 bits per heavy atom. The van der Waals surface area contributed by atoms with Crippen molar-refractivity contribution in [3.8, 4) is 0 Å². The second-order valence-corrected chi connectivity index (χ2v) is 6.12. The normalized spacial score (nSPS) is 11.6. The summed E-state index contributed by atoms with van der Waals surface area (Å²) >= 11 is 0. The summed E-state index contributed by atoms with van der Waals surface area (Å²) in [6.07, 6.45) is 0. The van der Waals surface area contributed by atoms with Crippen molar-refractivity contribution in [2.24, 2.45) is 0 Å². The van der Waals surface area contributed by atoms with E-state index in [1.54, 1.807) is 24.1 Å². The van der Waals surface area contributed by atoms with Crippen LogP contribution in [-0.2, 0) is 6.54 Å². The molecule has 3 aromatic carbocycles. The second-order valence-electron chi connectivity index (χ2n) is 6.12. The number of nitrogens with zero attached hydrogens (tertiary/aromatic N) is 1. The van der Waals surface area contributed by atoms with Crippen LogP contribution in [0.1, 0.15) is 22.7 Å². The molecule has 0 spiro atoms. The van der Waals surface area contributed by atoms with Crippen LogP contribution in [0.4, 0.5) is 9.18 Å². The van der Waals surface area contributed by atoms with Crippen molar-refractivity contribution in [2.45, 2.75) is 12.6 Å². The first-order valence-electron chi connectivity index (χ1n) is 8.50. The second kappa shape index (κ2) is 8.30. The van der Waals surface area contributed by atoms with Gasteiger partial charge in [0.2, 0.25) is 0 Å². The van der Waals surface area contributed by atoms with Crippen molar-refractivity contribution in [2.75, 3.05) is 7.05 Å². The maximum Gasteiger partial charge on any atom is 0.318 e. The molecule has 0 unspecified atom stereocenters. The van der Waals surface area contributed by atoms with Gasteiger partial charge in [0.15, 0.2) is 0 Å². The molecule has 132 valence electrons. The fourth-order valence-corrected chi connectivity index (χ4v) is 2.94. The number of rotatable bonds is 5. The highest BCUT2D eigenvalue weighted by Gasteiger charge is 2.23. The summed E-state index contributed by atoms with van der Waals surface area (Å²) in [6, 6.07) is 25.3. The quantitative estimate of drug-likeness (QED) is 0.708. The topological polar surface area (TPSA) is 32.3 Å². The van der Waals surface area contributed by atoms with Crippen LogP contribution in [0.5, 0.6) is 0 Å². The molecule has 0 aliphatic carbocycles. The third-order valence-electron chi connectivity index (χ3n) is 4.30. The molecule has 1 N–H and O–H groups in total.